The predicted octanol–water partition coefficient (Wildman–Crippen LogP) is 2.46. The van der Waals surface area contributed by atoms with Crippen molar-refractivity contribution in [2.24, 2.45) is 5.92 Å². The molecular formula is C14H16O3. The maximum Gasteiger partial charge on any atom is 0.307 e. The molecule has 90 valence electrons. The highest BCUT2D eigenvalue weighted by atomic mass is 16.4. The van der Waals surface area contributed by atoms with Crippen molar-refractivity contribution < 1.29 is 15.0 Å². The van der Waals surface area contributed by atoms with E-state index in [0.717, 1.165) is 30.4 Å². The van der Waals surface area contributed by atoms with Gasteiger partial charge in [0.05, 0.1) is 5.92 Å². The van der Waals surface area contributed by atoms with Gasteiger partial charge >= 0.3 is 5.97 Å². The summed E-state index contributed by atoms with van der Waals surface area (Å²) >= 11 is 0. The summed E-state index contributed by atoms with van der Waals surface area (Å²) in [6, 6.07) is 5.54. The van der Waals surface area contributed by atoms with Crippen LogP contribution in [0, 0.1) is 5.92 Å². The summed E-state index contributed by atoms with van der Waals surface area (Å²) in [6.07, 6.45) is 4.32. The lowest BCUT2D eigenvalue weighted by Crippen LogP contribution is -2.48. The van der Waals surface area contributed by atoms with Crippen molar-refractivity contribution in [2.75, 3.05) is 0 Å². The quantitative estimate of drug-likeness (QED) is 0.782. The maximum atomic E-state index is 11.4. The Hall–Kier alpha value is -1.51. The van der Waals surface area contributed by atoms with Crippen LogP contribution in [-0.2, 0) is 16.6 Å². The van der Waals surface area contributed by atoms with Crippen LogP contribution in [0.2, 0.25) is 0 Å². The number of aliphatic carboxylic acids is 1. The van der Waals surface area contributed by atoms with Gasteiger partial charge in [-0.1, -0.05) is 18.6 Å². The van der Waals surface area contributed by atoms with E-state index in [0.29, 0.717) is 18.6 Å². The van der Waals surface area contributed by atoms with Gasteiger partial charge in [0.1, 0.15) is 5.75 Å². The Labute approximate surface area is 100 Å². The van der Waals surface area contributed by atoms with Crippen LogP contribution in [0.15, 0.2) is 18.2 Å². The van der Waals surface area contributed by atoms with Gasteiger partial charge in [-0.05, 0) is 42.9 Å². The minimum Gasteiger partial charge on any atom is -0.508 e. The Balaban J connectivity index is 2.14. The average Bonchev–Trinajstić information content (AvgIpc) is 2.25. The summed E-state index contributed by atoms with van der Waals surface area (Å²) < 4.78 is 0. The van der Waals surface area contributed by atoms with Gasteiger partial charge in [-0.3, -0.25) is 4.79 Å². The molecule has 0 aliphatic heterocycles. The number of fused-ring (bicyclic) bond motifs is 2. The number of carbonyl (C=O) groups is 1. The highest BCUT2D eigenvalue weighted by molar-refractivity contribution is 5.74. The van der Waals surface area contributed by atoms with Crippen LogP contribution in [0.1, 0.15) is 36.8 Å². The summed E-state index contributed by atoms with van der Waals surface area (Å²) in [4.78, 5) is 11.4. The van der Waals surface area contributed by atoms with E-state index in [1.807, 2.05) is 12.1 Å². The first-order valence-corrected chi connectivity index (χ1v) is 6.19. The first-order valence-electron chi connectivity index (χ1n) is 6.19. The van der Waals surface area contributed by atoms with E-state index in [4.69, 9.17) is 0 Å². The first-order chi connectivity index (χ1) is 8.15. The SMILES string of the molecule is O=C(O)C1CCc2c(O)cccc2C12CCC2. The fourth-order valence-corrected chi connectivity index (χ4v) is 3.59. The molecule has 1 unspecified atom stereocenters. The Morgan fingerprint density at radius 1 is 1.35 bits per heavy atom. The Bertz CT molecular complexity index is 474. The van der Waals surface area contributed by atoms with Crippen LogP contribution < -0.4 is 0 Å². The number of hydrogen-bond donors (Lipinski definition) is 2. The van der Waals surface area contributed by atoms with Crippen molar-refractivity contribution in [2.45, 2.75) is 37.5 Å². The van der Waals surface area contributed by atoms with Gasteiger partial charge in [0.2, 0.25) is 0 Å². The molecule has 3 nitrogen and oxygen atoms in total. The largest absolute Gasteiger partial charge is 0.508 e. The Kier molecular flexibility index (Phi) is 2.18. The Morgan fingerprint density at radius 2 is 2.12 bits per heavy atom. The maximum absolute atomic E-state index is 11.4. The minimum absolute atomic E-state index is 0.196. The molecule has 2 aliphatic carbocycles. The third-order valence-corrected chi connectivity index (χ3v) is 4.58. The average molecular weight is 232 g/mol. The van der Waals surface area contributed by atoms with E-state index in [9.17, 15) is 15.0 Å². The van der Waals surface area contributed by atoms with Crippen molar-refractivity contribution in [1.82, 2.24) is 0 Å². The number of aromatic hydroxyl groups is 1. The van der Waals surface area contributed by atoms with Crippen molar-refractivity contribution >= 4 is 5.97 Å². The second-order valence-electron chi connectivity index (χ2n) is 5.24. The van der Waals surface area contributed by atoms with Crippen molar-refractivity contribution in [1.29, 1.82) is 0 Å². The van der Waals surface area contributed by atoms with Crippen molar-refractivity contribution in [3.05, 3.63) is 29.3 Å². The lowest BCUT2D eigenvalue weighted by atomic mass is 9.53. The number of hydrogen-bond acceptors (Lipinski definition) is 2. The molecule has 17 heavy (non-hydrogen) atoms. The molecular weight excluding hydrogens is 216 g/mol. The summed E-state index contributed by atoms with van der Waals surface area (Å²) in [7, 11) is 0. The van der Waals surface area contributed by atoms with Crippen LogP contribution in [0.25, 0.3) is 0 Å². The summed E-state index contributed by atoms with van der Waals surface area (Å²) in [5.74, 6) is -0.623. The van der Waals surface area contributed by atoms with E-state index in [1.54, 1.807) is 6.07 Å². The lowest BCUT2D eigenvalue weighted by Gasteiger charge is -2.50. The number of phenolic OH excluding ortho intramolecular Hbond substituents is 1. The fraction of sp³-hybridized carbons (Fsp3) is 0.500. The lowest BCUT2D eigenvalue weighted by molar-refractivity contribution is -0.147. The molecule has 3 rings (SSSR count). The van der Waals surface area contributed by atoms with Crippen molar-refractivity contribution in [3.63, 3.8) is 0 Å². The van der Waals surface area contributed by atoms with E-state index in [-0.39, 0.29) is 11.3 Å². The normalized spacial score (nSPS) is 25.1. The molecule has 2 aliphatic rings. The molecule has 1 spiro atoms. The van der Waals surface area contributed by atoms with Crippen LogP contribution in [-0.4, -0.2) is 16.2 Å². The molecule has 0 saturated heterocycles. The minimum atomic E-state index is -0.682. The number of carboxylic acid groups (broad SMARTS) is 1. The first kappa shape index (κ1) is 10.6. The molecule has 1 atom stereocenters. The van der Waals surface area contributed by atoms with Crippen LogP contribution >= 0.6 is 0 Å². The van der Waals surface area contributed by atoms with E-state index in [1.165, 1.54) is 0 Å². The zero-order valence-electron chi connectivity index (χ0n) is 9.65. The fourth-order valence-electron chi connectivity index (χ4n) is 3.59. The molecule has 0 radical (unpaired) electrons. The number of phenols is 1. The number of carboxylic acids is 1. The van der Waals surface area contributed by atoms with Gasteiger partial charge in [-0.25, -0.2) is 0 Å². The molecule has 1 saturated carbocycles. The summed E-state index contributed by atoms with van der Waals surface area (Å²) in [5, 5.41) is 19.3. The zero-order valence-corrected chi connectivity index (χ0v) is 9.65. The molecule has 1 aromatic rings. The topological polar surface area (TPSA) is 57.5 Å². The summed E-state index contributed by atoms with van der Waals surface area (Å²) in [5.41, 5.74) is 1.87. The van der Waals surface area contributed by atoms with Gasteiger partial charge in [0.25, 0.3) is 0 Å². The second kappa shape index (κ2) is 3.49. The smallest absolute Gasteiger partial charge is 0.307 e. The van der Waals surface area contributed by atoms with Crippen molar-refractivity contribution in [3.8, 4) is 5.75 Å². The molecule has 0 amide bonds. The standard InChI is InChI=1S/C14H16O3/c15-12-4-1-3-10-9(12)5-6-11(13(16)17)14(10)7-2-8-14/h1,3-4,11,15H,2,5-8H2,(H,16,17). The van der Waals surface area contributed by atoms with E-state index < -0.39 is 5.97 Å². The Morgan fingerprint density at radius 3 is 2.71 bits per heavy atom. The second-order valence-corrected chi connectivity index (χ2v) is 5.24. The number of rotatable bonds is 1. The zero-order chi connectivity index (χ0) is 12.0. The third kappa shape index (κ3) is 1.31. The van der Waals surface area contributed by atoms with Gasteiger partial charge in [0.15, 0.2) is 0 Å². The van der Waals surface area contributed by atoms with E-state index in [2.05, 4.69) is 0 Å². The predicted molar refractivity (Wildman–Crippen MR) is 63.1 cm³/mol. The highest BCUT2D eigenvalue weighted by Crippen LogP contribution is 2.55. The van der Waals surface area contributed by atoms with Crippen LogP contribution in [0.3, 0.4) is 0 Å². The molecule has 0 aromatic heterocycles. The highest BCUT2D eigenvalue weighted by Gasteiger charge is 2.51. The van der Waals surface area contributed by atoms with Gasteiger partial charge in [-0.15, -0.1) is 0 Å². The third-order valence-electron chi connectivity index (χ3n) is 4.58. The van der Waals surface area contributed by atoms with Crippen LogP contribution in [0.4, 0.5) is 0 Å². The van der Waals surface area contributed by atoms with E-state index >= 15 is 0 Å². The monoisotopic (exact) mass is 232 g/mol. The van der Waals surface area contributed by atoms with Gasteiger partial charge in [0, 0.05) is 5.41 Å². The molecule has 0 heterocycles. The number of benzene rings is 1. The van der Waals surface area contributed by atoms with Gasteiger partial charge in [-0.2, -0.15) is 0 Å². The molecule has 0 bridgehead atoms. The molecule has 2 N–H and O–H groups in total. The van der Waals surface area contributed by atoms with Gasteiger partial charge < -0.3 is 10.2 Å². The molecule has 1 fully saturated rings. The molecule has 3 heteroatoms. The molecule has 1 aromatic carbocycles. The van der Waals surface area contributed by atoms with Crippen LogP contribution in [0.5, 0.6) is 5.75 Å². The summed E-state index contributed by atoms with van der Waals surface area (Å²) in [6.45, 7) is 0.